The second-order valence-corrected chi connectivity index (χ2v) is 4.60. The van der Waals surface area contributed by atoms with Crippen LogP contribution in [0.4, 0.5) is 0 Å². The van der Waals surface area contributed by atoms with Crippen LogP contribution in [0.15, 0.2) is 36.7 Å². The Morgan fingerprint density at radius 1 is 1.21 bits per heavy atom. The van der Waals surface area contributed by atoms with Crippen molar-refractivity contribution in [3.05, 3.63) is 58.9 Å². The summed E-state index contributed by atoms with van der Waals surface area (Å²) in [5.41, 5.74) is 3.85. The van der Waals surface area contributed by atoms with Crippen molar-refractivity contribution in [2.75, 3.05) is 6.61 Å². The van der Waals surface area contributed by atoms with Crippen molar-refractivity contribution in [2.24, 2.45) is 0 Å². The largest absolute Gasteiger partial charge is 0.492 e. The second kappa shape index (κ2) is 5.85. The van der Waals surface area contributed by atoms with Crippen molar-refractivity contribution in [1.29, 1.82) is 0 Å². The van der Waals surface area contributed by atoms with Gasteiger partial charge in [0.1, 0.15) is 11.9 Å². The molecule has 3 heteroatoms. The van der Waals surface area contributed by atoms with Crippen LogP contribution in [0.3, 0.4) is 0 Å². The maximum atomic E-state index is 10.6. The van der Waals surface area contributed by atoms with Gasteiger partial charge in [-0.1, -0.05) is 18.2 Å². The number of nitrogens with zero attached hydrogens (tertiary/aromatic N) is 1. The second-order valence-electron chi connectivity index (χ2n) is 4.60. The van der Waals surface area contributed by atoms with E-state index in [2.05, 4.69) is 4.98 Å². The molecule has 3 nitrogen and oxygen atoms in total. The number of benzene rings is 1. The van der Waals surface area contributed by atoms with E-state index in [-0.39, 0.29) is 0 Å². The van der Waals surface area contributed by atoms with Gasteiger partial charge in [-0.3, -0.25) is 4.98 Å². The highest BCUT2D eigenvalue weighted by Gasteiger charge is 2.16. The lowest BCUT2D eigenvalue weighted by Gasteiger charge is -2.17. The molecular weight excluding hydrogens is 238 g/mol. The van der Waals surface area contributed by atoms with E-state index in [1.54, 1.807) is 12.4 Å². The van der Waals surface area contributed by atoms with E-state index in [1.165, 1.54) is 0 Å². The van der Waals surface area contributed by atoms with Gasteiger partial charge in [-0.15, -0.1) is 0 Å². The van der Waals surface area contributed by atoms with Gasteiger partial charge in [-0.2, -0.15) is 0 Å². The number of aryl methyl sites for hydroxylation is 2. The van der Waals surface area contributed by atoms with Crippen LogP contribution >= 0.6 is 0 Å². The van der Waals surface area contributed by atoms with E-state index in [0.29, 0.717) is 12.4 Å². The Morgan fingerprint density at radius 2 is 1.89 bits per heavy atom. The lowest BCUT2D eigenvalue weighted by Crippen LogP contribution is -2.05. The lowest BCUT2D eigenvalue weighted by atomic mass is 9.94. The van der Waals surface area contributed by atoms with E-state index < -0.39 is 6.10 Å². The Morgan fingerprint density at radius 3 is 2.53 bits per heavy atom. The Hall–Kier alpha value is -1.87. The number of aliphatic hydroxyl groups excluding tert-OH is 1. The molecule has 19 heavy (non-hydrogen) atoms. The third-order valence-corrected chi connectivity index (χ3v) is 3.18. The molecule has 0 bridgehead atoms. The van der Waals surface area contributed by atoms with Crippen LogP contribution in [-0.2, 0) is 0 Å². The highest BCUT2D eigenvalue weighted by atomic mass is 16.5. The summed E-state index contributed by atoms with van der Waals surface area (Å²) < 4.78 is 5.42. The zero-order valence-electron chi connectivity index (χ0n) is 11.6. The van der Waals surface area contributed by atoms with Gasteiger partial charge >= 0.3 is 0 Å². The van der Waals surface area contributed by atoms with E-state index in [9.17, 15) is 5.11 Å². The molecule has 0 aliphatic heterocycles. The average Bonchev–Trinajstić information content (AvgIpc) is 2.39. The Balaban J connectivity index is 2.38. The molecule has 0 aliphatic carbocycles. The minimum atomic E-state index is -0.672. The number of pyridine rings is 1. The molecule has 2 rings (SSSR count). The SMILES string of the molecule is CCOc1cncc(C(O)c2c(C)cccc2C)c1. The molecule has 0 saturated carbocycles. The van der Waals surface area contributed by atoms with Crippen molar-refractivity contribution in [2.45, 2.75) is 26.9 Å². The van der Waals surface area contributed by atoms with Gasteiger partial charge in [0.2, 0.25) is 0 Å². The first-order chi connectivity index (χ1) is 9.13. The van der Waals surface area contributed by atoms with Crippen molar-refractivity contribution in [3.63, 3.8) is 0 Å². The first kappa shape index (κ1) is 13.6. The summed E-state index contributed by atoms with van der Waals surface area (Å²) in [6, 6.07) is 7.85. The van der Waals surface area contributed by atoms with Crippen LogP contribution in [0.5, 0.6) is 5.75 Å². The van der Waals surface area contributed by atoms with Gasteiger partial charge in [0.15, 0.2) is 0 Å². The molecule has 1 atom stereocenters. The molecule has 0 aliphatic rings. The number of aromatic nitrogens is 1. The van der Waals surface area contributed by atoms with Crippen LogP contribution in [0.1, 0.15) is 35.3 Å². The van der Waals surface area contributed by atoms with Crippen molar-refractivity contribution in [1.82, 2.24) is 4.98 Å². The van der Waals surface area contributed by atoms with E-state index >= 15 is 0 Å². The fraction of sp³-hybridized carbons (Fsp3) is 0.312. The van der Waals surface area contributed by atoms with Gasteiger partial charge in [-0.25, -0.2) is 0 Å². The molecule has 1 heterocycles. The number of rotatable bonds is 4. The molecule has 0 fully saturated rings. The average molecular weight is 257 g/mol. The minimum Gasteiger partial charge on any atom is -0.492 e. The number of aliphatic hydroxyl groups is 1. The van der Waals surface area contributed by atoms with E-state index in [4.69, 9.17) is 4.74 Å². The van der Waals surface area contributed by atoms with Gasteiger partial charge in [-0.05, 0) is 43.5 Å². The highest BCUT2D eigenvalue weighted by molar-refractivity contribution is 5.41. The molecule has 1 aromatic heterocycles. The van der Waals surface area contributed by atoms with Crippen molar-refractivity contribution >= 4 is 0 Å². The Bertz CT molecular complexity index is 546. The number of hydrogen-bond acceptors (Lipinski definition) is 3. The maximum Gasteiger partial charge on any atom is 0.137 e. The van der Waals surface area contributed by atoms with E-state index in [1.807, 2.05) is 45.0 Å². The smallest absolute Gasteiger partial charge is 0.137 e. The van der Waals surface area contributed by atoms with Crippen LogP contribution in [0.2, 0.25) is 0 Å². The summed E-state index contributed by atoms with van der Waals surface area (Å²) in [5.74, 6) is 0.685. The van der Waals surface area contributed by atoms with Crippen LogP contribution in [0, 0.1) is 13.8 Å². The predicted octanol–water partition coefficient (Wildman–Crippen LogP) is 3.18. The molecular formula is C16H19NO2. The van der Waals surface area contributed by atoms with Crippen LogP contribution in [-0.4, -0.2) is 16.7 Å². The first-order valence-corrected chi connectivity index (χ1v) is 6.45. The van der Waals surface area contributed by atoms with E-state index in [0.717, 1.165) is 22.3 Å². The quantitative estimate of drug-likeness (QED) is 0.914. The molecule has 1 aromatic carbocycles. The third kappa shape index (κ3) is 2.93. The first-order valence-electron chi connectivity index (χ1n) is 6.45. The molecule has 0 spiro atoms. The molecule has 100 valence electrons. The fourth-order valence-corrected chi connectivity index (χ4v) is 2.26. The zero-order chi connectivity index (χ0) is 13.8. The van der Waals surface area contributed by atoms with Gasteiger partial charge in [0.05, 0.1) is 12.8 Å². The Labute approximate surface area is 113 Å². The molecule has 1 unspecified atom stereocenters. The summed E-state index contributed by atoms with van der Waals surface area (Å²) in [6.07, 6.45) is 2.66. The molecule has 0 saturated heterocycles. The fourth-order valence-electron chi connectivity index (χ4n) is 2.26. The van der Waals surface area contributed by atoms with Crippen LogP contribution < -0.4 is 4.74 Å². The molecule has 1 N–H and O–H groups in total. The number of ether oxygens (including phenoxy) is 1. The van der Waals surface area contributed by atoms with Gasteiger partial charge in [0.25, 0.3) is 0 Å². The summed E-state index contributed by atoms with van der Waals surface area (Å²) in [7, 11) is 0. The maximum absolute atomic E-state index is 10.6. The summed E-state index contributed by atoms with van der Waals surface area (Å²) in [4.78, 5) is 4.12. The zero-order valence-corrected chi connectivity index (χ0v) is 11.6. The normalized spacial score (nSPS) is 12.2. The molecule has 2 aromatic rings. The minimum absolute atomic E-state index is 0.588. The van der Waals surface area contributed by atoms with Crippen LogP contribution in [0.25, 0.3) is 0 Å². The lowest BCUT2D eigenvalue weighted by molar-refractivity contribution is 0.217. The van der Waals surface area contributed by atoms with Crippen molar-refractivity contribution < 1.29 is 9.84 Å². The summed E-state index contributed by atoms with van der Waals surface area (Å²) in [5, 5.41) is 10.6. The van der Waals surface area contributed by atoms with Gasteiger partial charge < -0.3 is 9.84 Å². The molecule has 0 amide bonds. The Kier molecular flexibility index (Phi) is 4.17. The molecule has 0 radical (unpaired) electrons. The predicted molar refractivity (Wildman–Crippen MR) is 75.4 cm³/mol. The summed E-state index contributed by atoms with van der Waals surface area (Å²) >= 11 is 0. The van der Waals surface area contributed by atoms with Crippen molar-refractivity contribution in [3.8, 4) is 5.75 Å². The topological polar surface area (TPSA) is 42.4 Å². The summed E-state index contributed by atoms with van der Waals surface area (Å²) in [6.45, 7) is 6.52. The highest BCUT2D eigenvalue weighted by Crippen LogP contribution is 2.28. The van der Waals surface area contributed by atoms with Gasteiger partial charge in [0, 0.05) is 11.8 Å². The third-order valence-electron chi connectivity index (χ3n) is 3.18. The monoisotopic (exact) mass is 257 g/mol. The standard InChI is InChI=1S/C16H19NO2/c1-4-19-14-8-13(9-17-10-14)16(18)15-11(2)6-5-7-12(15)3/h5-10,16,18H,4H2,1-3H3. The number of hydrogen-bond donors (Lipinski definition) is 1.